The summed E-state index contributed by atoms with van der Waals surface area (Å²) in [6.07, 6.45) is 7.51. The van der Waals surface area contributed by atoms with Gasteiger partial charge in [0.05, 0.1) is 18.3 Å². The fourth-order valence-electron chi connectivity index (χ4n) is 4.45. The number of hydrogen-bond acceptors (Lipinski definition) is 3. The molecule has 3 heterocycles. The van der Waals surface area contributed by atoms with Crippen LogP contribution in [0.3, 0.4) is 0 Å². The van der Waals surface area contributed by atoms with Crippen molar-refractivity contribution < 1.29 is 4.79 Å². The van der Waals surface area contributed by atoms with Crippen LogP contribution >= 0.6 is 0 Å². The first kappa shape index (κ1) is 20.4. The van der Waals surface area contributed by atoms with E-state index in [4.69, 9.17) is 0 Å². The van der Waals surface area contributed by atoms with Crippen LogP contribution in [0.2, 0.25) is 0 Å². The van der Waals surface area contributed by atoms with Crippen LogP contribution in [0, 0.1) is 5.92 Å². The molecule has 2 aromatic heterocycles. The number of aromatic nitrogens is 2. The van der Waals surface area contributed by atoms with Gasteiger partial charge in [0.1, 0.15) is 0 Å². The molecule has 4 rings (SSSR count). The zero-order valence-corrected chi connectivity index (χ0v) is 17.8. The maximum Gasteiger partial charge on any atom is 0.237 e. The Hall–Kier alpha value is -2.92. The number of carbonyl (C=O) groups is 1. The van der Waals surface area contributed by atoms with Crippen molar-refractivity contribution >= 4 is 16.8 Å². The maximum absolute atomic E-state index is 13.1. The summed E-state index contributed by atoms with van der Waals surface area (Å²) in [7, 11) is 0. The number of nitrogens with one attached hydrogen (secondary N) is 2. The van der Waals surface area contributed by atoms with Crippen molar-refractivity contribution in [3.8, 4) is 0 Å². The standard InChI is InChI=1S/C25H30N4O/c1-4-12-29-16-18-14-22(25(30)27-15-19-8-5-6-11-26-19)28-21(13-17(2)3)20-9-7-10-23(29)24(18)20/h4-11,16-17,21-22,28H,1,12-15H2,2-3H3,(H,27,30). The molecule has 2 unspecified atom stereocenters. The molecule has 156 valence electrons. The molecule has 2 atom stereocenters. The predicted molar refractivity (Wildman–Crippen MR) is 121 cm³/mol. The predicted octanol–water partition coefficient (Wildman–Crippen LogP) is 4.14. The third-order valence-corrected chi connectivity index (χ3v) is 5.74. The number of rotatable bonds is 7. The van der Waals surface area contributed by atoms with Gasteiger partial charge in [-0.2, -0.15) is 0 Å². The summed E-state index contributed by atoms with van der Waals surface area (Å²) in [5.41, 5.74) is 4.59. The average Bonchev–Trinajstić information content (AvgIpc) is 3.00. The van der Waals surface area contributed by atoms with E-state index in [2.05, 4.69) is 65.0 Å². The number of nitrogens with zero attached hydrogens (tertiary/aromatic N) is 2. The van der Waals surface area contributed by atoms with Gasteiger partial charge in [-0.15, -0.1) is 6.58 Å². The molecule has 1 amide bonds. The molecular weight excluding hydrogens is 372 g/mol. The summed E-state index contributed by atoms with van der Waals surface area (Å²) in [5.74, 6) is 0.540. The van der Waals surface area contributed by atoms with Gasteiger partial charge in [0.15, 0.2) is 0 Å². The molecule has 2 N–H and O–H groups in total. The topological polar surface area (TPSA) is 59.0 Å². The number of hydrogen-bond donors (Lipinski definition) is 2. The van der Waals surface area contributed by atoms with Crippen LogP contribution in [0.25, 0.3) is 10.9 Å². The monoisotopic (exact) mass is 402 g/mol. The Morgan fingerprint density at radius 1 is 1.33 bits per heavy atom. The minimum atomic E-state index is -0.285. The molecule has 5 nitrogen and oxygen atoms in total. The van der Waals surface area contributed by atoms with Gasteiger partial charge in [-0.3, -0.25) is 15.1 Å². The first-order valence-electron chi connectivity index (χ1n) is 10.7. The van der Waals surface area contributed by atoms with Crippen LogP contribution in [0.15, 0.2) is 61.4 Å². The van der Waals surface area contributed by atoms with Crippen molar-refractivity contribution in [3.05, 3.63) is 78.3 Å². The lowest BCUT2D eigenvalue weighted by Crippen LogP contribution is -2.46. The third-order valence-electron chi connectivity index (χ3n) is 5.74. The van der Waals surface area contributed by atoms with Crippen LogP contribution in [0.5, 0.6) is 0 Å². The molecule has 0 fully saturated rings. The summed E-state index contributed by atoms with van der Waals surface area (Å²) >= 11 is 0. The number of allylic oxidation sites excluding steroid dienone is 1. The molecule has 0 bridgehead atoms. The molecule has 3 aromatic rings. The molecule has 5 heteroatoms. The molecule has 0 saturated heterocycles. The largest absolute Gasteiger partial charge is 0.349 e. The first-order chi connectivity index (χ1) is 14.6. The molecule has 0 radical (unpaired) electrons. The summed E-state index contributed by atoms with van der Waals surface area (Å²) < 4.78 is 2.24. The van der Waals surface area contributed by atoms with Crippen LogP contribution < -0.4 is 10.6 Å². The Labute approximate surface area is 178 Å². The highest BCUT2D eigenvalue weighted by Gasteiger charge is 2.30. The van der Waals surface area contributed by atoms with Crippen molar-refractivity contribution in [2.75, 3.05) is 0 Å². The Morgan fingerprint density at radius 2 is 2.20 bits per heavy atom. The second-order valence-electron chi connectivity index (χ2n) is 8.48. The molecule has 1 aromatic carbocycles. The Kier molecular flexibility index (Phi) is 6.00. The van der Waals surface area contributed by atoms with Crippen molar-refractivity contribution in [2.45, 2.75) is 51.9 Å². The molecule has 0 aliphatic carbocycles. The SMILES string of the molecule is C=CCn1cc2c3c(cccc31)C(CC(C)C)NC(C(=O)NCc1ccccn1)C2. The van der Waals surface area contributed by atoms with E-state index in [9.17, 15) is 4.79 Å². The van der Waals surface area contributed by atoms with Crippen molar-refractivity contribution in [1.82, 2.24) is 20.2 Å². The zero-order valence-electron chi connectivity index (χ0n) is 17.8. The Morgan fingerprint density at radius 3 is 2.93 bits per heavy atom. The van der Waals surface area contributed by atoms with Crippen LogP contribution in [-0.4, -0.2) is 21.5 Å². The van der Waals surface area contributed by atoms with E-state index < -0.39 is 0 Å². The summed E-state index contributed by atoms with van der Waals surface area (Å²) in [6, 6.07) is 12.1. The van der Waals surface area contributed by atoms with Crippen LogP contribution in [0.1, 0.15) is 43.1 Å². The highest BCUT2D eigenvalue weighted by Crippen LogP contribution is 2.35. The average molecular weight is 403 g/mol. The van der Waals surface area contributed by atoms with Gasteiger partial charge in [0.2, 0.25) is 5.91 Å². The number of pyridine rings is 1. The molecule has 0 spiro atoms. The lowest BCUT2D eigenvalue weighted by atomic mass is 9.94. The fourth-order valence-corrected chi connectivity index (χ4v) is 4.45. The Balaban J connectivity index is 1.65. The lowest BCUT2D eigenvalue weighted by molar-refractivity contribution is -0.123. The lowest BCUT2D eigenvalue weighted by Gasteiger charge is -2.25. The maximum atomic E-state index is 13.1. The van der Waals surface area contributed by atoms with Gasteiger partial charge in [0, 0.05) is 35.9 Å². The molecule has 30 heavy (non-hydrogen) atoms. The van der Waals surface area contributed by atoms with E-state index in [0.717, 1.165) is 18.7 Å². The van der Waals surface area contributed by atoms with Gasteiger partial charge >= 0.3 is 0 Å². The minimum absolute atomic E-state index is 0.0202. The van der Waals surface area contributed by atoms with Gasteiger partial charge in [-0.1, -0.05) is 38.1 Å². The van der Waals surface area contributed by atoms with Crippen molar-refractivity contribution in [1.29, 1.82) is 0 Å². The number of amides is 1. The summed E-state index contributed by atoms with van der Waals surface area (Å²) in [4.78, 5) is 17.4. The highest BCUT2D eigenvalue weighted by molar-refractivity contribution is 5.90. The fraction of sp³-hybridized carbons (Fsp3) is 0.360. The first-order valence-corrected chi connectivity index (χ1v) is 10.7. The van der Waals surface area contributed by atoms with Crippen LogP contribution in [0.4, 0.5) is 0 Å². The minimum Gasteiger partial charge on any atom is -0.349 e. The van der Waals surface area contributed by atoms with Gasteiger partial charge < -0.3 is 9.88 Å². The normalized spacial score (nSPS) is 18.4. The van der Waals surface area contributed by atoms with Crippen molar-refractivity contribution in [2.24, 2.45) is 5.92 Å². The summed E-state index contributed by atoms with van der Waals surface area (Å²) in [6.45, 7) is 9.56. The van der Waals surface area contributed by atoms with E-state index in [1.54, 1.807) is 6.20 Å². The number of benzene rings is 1. The van der Waals surface area contributed by atoms with E-state index in [-0.39, 0.29) is 18.0 Å². The molecule has 0 saturated carbocycles. The van der Waals surface area contributed by atoms with Crippen LogP contribution in [-0.2, 0) is 24.3 Å². The number of carbonyl (C=O) groups excluding carboxylic acids is 1. The van der Waals surface area contributed by atoms with E-state index >= 15 is 0 Å². The second kappa shape index (κ2) is 8.84. The van der Waals surface area contributed by atoms with Gasteiger partial charge in [-0.25, -0.2) is 0 Å². The quantitative estimate of drug-likeness (QED) is 0.584. The Bertz CT molecular complexity index is 1040. The van der Waals surface area contributed by atoms with E-state index in [0.29, 0.717) is 18.9 Å². The second-order valence-corrected chi connectivity index (χ2v) is 8.48. The van der Waals surface area contributed by atoms with Gasteiger partial charge in [0.25, 0.3) is 0 Å². The third kappa shape index (κ3) is 4.17. The molecule has 1 aliphatic rings. The smallest absolute Gasteiger partial charge is 0.237 e. The molecule has 1 aliphatic heterocycles. The van der Waals surface area contributed by atoms with E-state index in [1.165, 1.54) is 22.0 Å². The molecular formula is C25H30N4O. The summed E-state index contributed by atoms with van der Waals surface area (Å²) in [5, 5.41) is 8.03. The van der Waals surface area contributed by atoms with E-state index in [1.807, 2.05) is 24.3 Å². The highest BCUT2D eigenvalue weighted by atomic mass is 16.2. The zero-order chi connectivity index (χ0) is 21.1. The van der Waals surface area contributed by atoms with Gasteiger partial charge in [-0.05, 0) is 48.1 Å². The van der Waals surface area contributed by atoms with Crippen molar-refractivity contribution in [3.63, 3.8) is 0 Å².